The van der Waals surface area contributed by atoms with Gasteiger partial charge in [0.2, 0.25) is 0 Å². The maximum absolute atomic E-state index is 11.4. The number of unbranched alkanes of at least 4 members (excludes halogenated alkanes) is 86. The molecule has 0 fully saturated rings. The van der Waals surface area contributed by atoms with Gasteiger partial charge in [-0.15, -0.1) is 0 Å². The van der Waals surface area contributed by atoms with Gasteiger partial charge in [-0.25, -0.2) is 16.8 Å². The SMILES string of the molecule is CCCCCCCCCCCCCCCCCCCCCCCCCCCCCCCCCCCCCCCCCCCCCCc1ccccc1S(=O)(=O)[O-].CCCCCCCCCCCCCCCCCCCCCCCCCCCCCCCCCCCCCCCCCCCCCCc1ccccc1S(=O)(=O)[O-].[Ca+2]. The van der Waals surface area contributed by atoms with E-state index in [1.54, 1.807) is 24.3 Å². The molecular weight excluding hydrogens is 1450 g/mol. The monoisotopic (exact) mass is 1640 g/mol. The van der Waals surface area contributed by atoms with E-state index in [1.165, 1.54) is 551 Å². The van der Waals surface area contributed by atoms with Gasteiger partial charge >= 0.3 is 37.7 Å². The Morgan fingerprint density at radius 2 is 0.265 bits per heavy atom. The van der Waals surface area contributed by atoms with Gasteiger partial charge in [0.15, 0.2) is 0 Å². The molecule has 0 radical (unpaired) electrons. The molecule has 0 heterocycles. The Bertz CT molecular complexity index is 2210. The van der Waals surface area contributed by atoms with Crippen molar-refractivity contribution < 1.29 is 25.9 Å². The van der Waals surface area contributed by atoms with Gasteiger partial charge in [-0.2, -0.15) is 0 Å². The first-order valence-corrected chi connectivity index (χ1v) is 54.0. The zero-order valence-corrected chi connectivity index (χ0v) is 80.1. The van der Waals surface area contributed by atoms with Crippen molar-refractivity contribution in [3.8, 4) is 0 Å². The third kappa shape index (κ3) is 84.9. The molecule has 660 valence electrons. The first-order chi connectivity index (χ1) is 55.1. The maximum atomic E-state index is 11.4. The average molecular weight is 1640 g/mol. The summed E-state index contributed by atoms with van der Waals surface area (Å²) in [5, 5.41) is 0. The van der Waals surface area contributed by atoms with Crippen LogP contribution in [-0.4, -0.2) is 63.7 Å². The molecule has 0 aliphatic rings. The van der Waals surface area contributed by atoms with Crippen LogP contribution in [0.4, 0.5) is 0 Å². The molecule has 0 N–H and O–H groups in total. The average Bonchev–Trinajstić information content (AvgIpc) is 0.846. The molecule has 0 aliphatic heterocycles. The number of hydrogen-bond donors (Lipinski definition) is 0. The van der Waals surface area contributed by atoms with Crippen molar-refractivity contribution in [2.45, 2.75) is 602 Å². The second kappa shape index (κ2) is 92.2. The van der Waals surface area contributed by atoms with E-state index < -0.39 is 20.2 Å². The van der Waals surface area contributed by atoms with E-state index in [9.17, 15) is 25.9 Å². The van der Waals surface area contributed by atoms with Crippen LogP contribution in [0.25, 0.3) is 0 Å². The Balaban J connectivity index is 0.00000220. The van der Waals surface area contributed by atoms with Crippen LogP contribution in [0.2, 0.25) is 0 Å². The third-order valence-electron chi connectivity index (χ3n) is 25.1. The Hall–Kier alpha value is -0.480. The van der Waals surface area contributed by atoms with E-state index in [-0.39, 0.29) is 47.5 Å². The van der Waals surface area contributed by atoms with Gasteiger partial charge in [-0.05, 0) is 48.9 Å². The van der Waals surface area contributed by atoms with Gasteiger partial charge in [0.1, 0.15) is 20.2 Å². The number of rotatable bonds is 92. The molecule has 0 saturated carbocycles. The molecule has 0 aliphatic carbocycles. The fourth-order valence-corrected chi connectivity index (χ4v) is 19.0. The molecule has 9 heteroatoms. The van der Waals surface area contributed by atoms with E-state index in [2.05, 4.69) is 13.8 Å². The minimum Gasteiger partial charge on any atom is -0.744 e. The van der Waals surface area contributed by atoms with E-state index in [1.807, 2.05) is 12.1 Å². The van der Waals surface area contributed by atoms with Crippen molar-refractivity contribution in [3.63, 3.8) is 0 Å². The topological polar surface area (TPSA) is 114 Å². The second-order valence-corrected chi connectivity index (χ2v) is 38.7. The van der Waals surface area contributed by atoms with Crippen molar-refractivity contribution in [1.82, 2.24) is 0 Å². The van der Waals surface area contributed by atoms with Gasteiger partial charge in [0.25, 0.3) is 0 Å². The van der Waals surface area contributed by atoms with Gasteiger partial charge in [-0.1, -0.05) is 602 Å². The first-order valence-electron chi connectivity index (χ1n) is 51.2. The van der Waals surface area contributed by atoms with Crippen molar-refractivity contribution in [3.05, 3.63) is 59.7 Å². The molecule has 0 atom stereocenters. The van der Waals surface area contributed by atoms with Crippen LogP contribution in [0.3, 0.4) is 0 Å². The molecule has 113 heavy (non-hydrogen) atoms. The van der Waals surface area contributed by atoms with Gasteiger partial charge < -0.3 is 9.11 Å². The summed E-state index contributed by atoms with van der Waals surface area (Å²) in [5.41, 5.74) is 1.35. The van der Waals surface area contributed by atoms with Crippen molar-refractivity contribution >= 4 is 58.0 Å². The van der Waals surface area contributed by atoms with Gasteiger partial charge in [0.05, 0.1) is 9.79 Å². The molecule has 2 rings (SSSR count). The zero-order chi connectivity index (χ0) is 80.6. The van der Waals surface area contributed by atoms with Crippen LogP contribution in [0.15, 0.2) is 58.3 Å². The molecule has 0 amide bonds. The Morgan fingerprint density at radius 3 is 0.372 bits per heavy atom. The molecule has 0 spiro atoms. The molecule has 2 aromatic carbocycles. The maximum Gasteiger partial charge on any atom is 2.00 e. The summed E-state index contributed by atoms with van der Waals surface area (Å²) in [6, 6.07) is 13.3. The first kappa shape index (κ1) is 113. The number of hydrogen-bond acceptors (Lipinski definition) is 6. The summed E-state index contributed by atoms with van der Waals surface area (Å²) in [6.45, 7) is 4.61. The fraction of sp³-hybridized carbons (Fsp3) is 0.885. The Morgan fingerprint density at radius 1 is 0.168 bits per heavy atom. The Kier molecular flexibility index (Phi) is 91.9. The van der Waals surface area contributed by atoms with E-state index in [0.717, 1.165) is 25.7 Å². The Labute approximate surface area is 738 Å². The van der Waals surface area contributed by atoms with E-state index >= 15 is 0 Å². The molecular formula is C104H194CaO6S2. The van der Waals surface area contributed by atoms with Crippen LogP contribution in [0.1, 0.15) is 590 Å². The largest absolute Gasteiger partial charge is 2.00 e. The van der Waals surface area contributed by atoms with Gasteiger partial charge in [-0.3, -0.25) is 0 Å². The standard InChI is InChI=1S/2C52H98O3S.Ca/c2*1-2-3-4-5-6-7-8-9-10-11-12-13-14-15-16-17-18-19-20-21-22-23-24-25-26-27-28-29-30-31-32-33-34-35-36-37-38-39-40-41-42-43-44-45-48-51-49-46-47-50-52(51)56(53,54)55;/h2*46-47,49-50H,2-45,48H2,1H3,(H,53,54,55);/q;;+2/p-2. The van der Waals surface area contributed by atoms with Crippen molar-refractivity contribution in [2.75, 3.05) is 0 Å². The molecule has 0 aromatic heterocycles. The predicted molar refractivity (Wildman–Crippen MR) is 500 cm³/mol. The van der Waals surface area contributed by atoms with E-state index in [0.29, 0.717) is 24.0 Å². The van der Waals surface area contributed by atoms with Crippen molar-refractivity contribution in [1.29, 1.82) is 0 Å². The summed E-state index contributed by atoms with van der Waals surface area (Å²) < 4.78 is 68.4. The fourth-order valence-electron chi connectivity index (χ4n) is 17.5. The summed E-state index contributed by atoms with van der Waals surface area (Å²) in [7, 11) is -8.74. The quantitative estimate of drug-likeness (QED) is 0.0370. The summed E-state index contributed by atoms with van der Waals surface area (Å²) in [5.74, 6) is 0. The number of benzene rings is 2. The predicted octanol–water partition coefficient (Wildman–Crippen LogP) is 36.3. The minimum absolute atomic E-state index is 0. The third-order valence-corrected chi connectivity index (χ3v) is 27.0. The van der Waals surface area contributed by atoms with Crippen LogP contribution in [0, 0.1) is 0 Å². The molecule has 0 saturated heterocycles. The second-order valence-electron chi connectivity index (χ2n) is 36.0. The number of aryl methyl sites for hydroxylation is 2. The summed E-state index contributed by atoms with van der Waals surface area (Å²) >= 11 is 0. The van der Waals surface area contributed by atoms with Crippen LogP contribution in [0.5, 0.6) is 0 Å². The summed E-state index contributed by atoms with van der Waals surface area (Å²) in [6.07, 6.45) is 127. The molecule has 2 aromatic rings. The van der Waals surface area contributed by atoms with Crippen molar-refractivity contribution in [2.24, 2.45) is 0 Å². The van der Waals surface area contributed by atoms with E-state index in [4.69, 9.17) is 0 Å². The van der Waals surface area contributed by atoms with Crippen LogP contribution >= 0.6 is 0 Å². The molecule has 0 bridgehead atoms. The molecule has 0 unspecified atom stereocenters. The van der Waals surface area contributed by atoms with Gasteiger partial charge in [0, 0.05) is 0 Å². The zero-order valence-electron chi connectivity index (χ0n) is 76.2. The minimum atomic E-state index is -4.37. The smallest absolute Gasteiger partial charge is 0.744 e. The van der Waals surface area contributed by atoms with Crippen LogP contribution in [-0.2, 0) is 33.1 Å². The molecule has 6 nitrogen and oxygen atoms in total. The van der Waals surface area contributed by atoms with Crippen LogP contribution < -0.4 is 0 Å². The summed E-state index contributed by atoms with van der Waals surface area (Å²) in [4.78, 5) is -0.0794. The normalized spacial score (nSPS) is 11.8.